The second-order valence-corrected chi connectivity index (χ2v) is 7.77. The lowest BCUT2D eigenvalue weighted by Crippen LogP contribution is -2.31. The Kier molecular flexibility index (Phi) is 5.12. The van der Waals surface area contributed by atoms with Crippen molar-refractivity contribution in [2.45, 2.75) is 40.2 Å². The largest absolute Gasteiger partial charge is 0.377 e. The highest BCUT2D eigenvalue weighted by Crippen LogP contribution is 2.23. The molecule has 0 aliphatic carbocycles. The summed E-state index contributed by atoms with van der Waals surface area (Å²) in [6.45, 7) is 8.18. The molecule has 0 bridgehead atoms. The smallest absolute Gasteiger partial charge is 0.251 e. The zero-order valence-corrected chi connectivity index (χ0v) is 16.1. The molecular weight excluding hydrogens is 342 g/mol. The molecule has 2 aromatic rings. The molecule has 0 saturated carbocycles. The van der Waals surface area contributed by atoms with Crippen molar-refractivity contribution >= 4 is 23.3 Å². The SMILES string of the molecule is CC(Nc1ccc2c(c1)C(=O)NCC2)c1cnc(NC(=O)C(C)(C)C)cn1. The minimum Gasteiger partial charge on any atom is -0.377 e. The average Bonchev–Trinajstić information content (AvgIpc) is 2.62. The highest BCUT2D eigenvalue weighted by atomic mass is 16.2. The number of anilines is 2. The van der Waals surface area contributed by atoms with E-state index in [1.54, 1.807) is 12.4 Å². The van der Waals surface area contributed by atoms with Gasteiger partial charge in [-0.2, -0.15) is 0 Å². The van der Waals surface area contributed by atoms with Gasteiger partial charge in [-0.25, -0.2) is 4.98 Å². The molecule has 142 valence electrons. The summed E-state index contributed by atoms with van der Waals surface area (Å²) in [6, 6.07) is 5.72. The first-order chi connectivity index (χ1) is 12.7. The van der Waals surface area contributed by atoms with Gasteiger partial charge < -0.3 is 16.0 Å². The third-order valence-corrected chi connectivity index (χ3v) is 4.46. The van der Waals surface area contributed by atoms with Crippen LogP contribution in [0.5, 0.6) is 0 Å². The molecule has 1 aliphatic rings. The lowest BCUT2D eigenvalue weighted by Gasteiger charge is -2.20. The van der Waals surface area contributed by atoms with Gasteiger partial charge in [0.15, 0.2) is 5.82 Å². The highest BCUT2D eigenvalue weighted by molar-refractivity contribution is 5.97. The molecule has 3 rings (SSSR count). The van der Waals surface area contributed by atoms with Crippen LogP contribution in [-0.4, -0.2) is 28.3 Å². The van der Waals surface area contributed by atoms with E-state index in [0.29, 0.717) is 17.9 Å². The van der Waals surface area contributed by atoms with Gasteiger partial charge in [-0.05, 0) is 31.0 Å². The second-order valence-electron chi connectivity index (χ2n) is 7.77. The van der Waals surface area contributed by atoms with E-state index in [1.807, 2.05) is 45.9 Å². The fourth-order valence-corrected chi connectivity index (χ4v) is 2.76. The number of nitrogens with one attached hydrogen (secondary N) is 3. The molecule has 1 aromatic carbocycles. The summed E-state index contributed by atoms with van der Waals surface area (Å²) >= 11 is 0. The number of nitrogens with zero attached hydrogens (tertiary/aromatic N) is 2. The number of amides is 2. The maximum Gasteiger partial charge on any atom is 0.251 e. The monoisotopic (exact) mass is 367 g/mol. The lowest BCUT2D eigenvalue weighted by atomic mass is 9.96. The van der Waals surface area contributed by atoms with Crippen molar-refractivity contribution in [2.75, 3.05) is 17.2 Å². The van der Waals surface area contributed by atoms with Crippen LogP contribution >= 0.6 is 0 Å². The average molecular weight is 367 g/mol. The van der Waals surface area contributed by atoms with Gasteiger partial charge in [-0.1, -0.05) is 26.8 Å². The van der Waals surface area contributed by atoms with Gasteiger partial charge in [0.05, 0.1) is 24.1 Å². The fraction of sp³-hybridized carbons (Fsp3) is 0.400. The molecule has 2 heterocycles. The summed E-state index contributed by atoms with van der Waals surface area (Å²) in [7, 11) is 0. The Bertz CT molecular complexity index is 856. The molecule has 0 spiro atoms. The summed E-state index contributed by atoms with van der Waals surface area (Å²) in [5.41, 5.74) is 2.88. The molecule has 0 saturated heterocycles. The van der Waals surface area contributed by atoms with Crippen molar-refractivity contribution < 1.29 is 9.59 Å². The van der Waals surface area contributed by atoms with Crippen molar-refractivity contribution in [3.05, 3.63) is 47.4 Å². The van der Waals surface area contributed by atoms with E-state index in [-0.39, 0.29) is 17.9 Å². The molecule has 3 N–H and O–H groups in total. The Morgan fingerprint density at radius 2 is 2.00 bits per heavy atom. The van der Waals surface area contributed by atoms with Crippen LogP contribution in [0.3, 0.4) is 0 Å². The van der Waals surface area contributed by atoms with Gasteiger partial charge in [0.1, 0.15) is 0 Å². The Morgan fingerprint density at radius 3 is 2.67 bits per heavy atom. The fourth-order valence-electron chi connectivity index (χ4n) is 2.76. The van der Waals surface area contributed by atoms with Crippen LogP contribution in [0.2, 0.25) is 0 Å². The number of hydrogen-bond donors (Lipinski definition) is 3. The Balaban J connectivity index is 1.68. The standard InChI is InChI=1S/C20H25N5O2/c1-12(16-10-23-17(11-22-16)25-19(27)20(2,3)4)24-14-6-5-13-7-8-21-18(26)15(13)9-14/h5-6,9-12,24H,7-8H2,1-4H3,(H,21,26)(H,23,25,27). The molecule has 1 aromatic heterocycles. The van der Waals surface area contributed by atoms with E-state index in [0.717, 1.165) is 23.4 Å². The number of aromatic nitrogens is 2. The van der Waals surface area contributed by atoms with Crippen molar-refractivity contribution in [2.24, 2.45) is 5.41 Å². The molecule has 7 heteroatoms. The van der Waals surface area contributed by atoms with Gasteiger partial charge in [-0.3, -0.25) is 14.6 Å². The Morgan fingerprint density at radius 1 is 1.22 bits per heavy atom. The molecule has 2 amide bonds. The normalized spacial score (nSPS) is 14.7. The maximum absolute atomic E-state index is 12.0. The predicted octanol–water partition coefficient (Wildman–Crippen LogP) is 2.92. The number of fused-ring (bicyclic) bond motifs is 1. The zero-order valence-electron chi connectivity index (χ0n) is 16.1. The van der Waals surface area contributed by atoms with Gasteiger partial charge >= 0.3 is 0 Å². The number of carbonyl (C=O) groups is 2. The van der Waals surface area contributed by atoms with E-state index >= 15 is 0 Å². The van der Waals surface area contributed by atoms with Crippen LogP contribution in [0.25, 0.3) is 0 Å². The molecule has 1 aliphatic heterocycles. The van der Waals surface area contributed by atoms with Crippen molar-refractivity contribution in [3.8, 4) is 0 Å². The Hall–Kier alpha value is -2.96. The van der Waals surface area contributed by atoms with E-state index < -0.39 is 5.41 Å². The van der Waals surface area contributed by atoms with E-state index in [1.165, 1.54) is 0 Å². The van der Waals surface area contributed by atoms with Crippen LogP contribution < -0.4 is 16.0 Å². The first-order valence-corrected chi connectivity index (χ1v) is 9.05. The summed E-state index contributed by atoms with van der Waals surface area (Å²) in [5, 5.41) is 8.96. The van der Waals surface area contributed by atoms with E-state index in [9.17, 15) is 9.59 Å². The number of hydrogen-bond acceptors (Lipinski definition) is 5. The molecular formula is C20H25N5O2. The minimum atomic E-state index is -0.492. The van der Waals surface area contributed by atoms with Crippen LogP contribution in [0.15, 0.2) is 30.6 Å². The third-order valence-electron chi connectivity index (χ3n) is 4.46. The first kappa shape index (κ1) is 18.8. The van der Waals surface area contributed by atoms with Crippen LogP contribution in [0.1, 0.15) is 55.4 Å². The summed E-state index contributed by atoms with van der Waals surface area (Å²) < 4.78 is 0. The van der Waals surface area contributed by atoms with Crippen LogP contribution in [0.4, 0.5) is 11.5 Å². The van der Waals surface area contributed by atoms with Gasteiger partial charge in [-0.15, -0.1) is 0 Å². The maximum atomic E-state index is 12.0. The van der Waals surface area contributed by atoms with E-state index in [2.05, 4.69) is 25.9 Å². The minimum absolute atomic E-state index is 0.0358. The highest BCUT2D eigenvalue weighted by Gasteiger charge is 2.22. The molecule has 0 fully saturated rings. The Labute approximate surface area is 159 Å². The van der Waals surface area contributed by atoms with Crippen molar-refractivity contribution in [3.63, 3.8) is 0 Å². The third kappa shape index (κ3) is 4.42. The van der Waals surface area contributed by atoms with Crippen LogP contribution in [-0.2, 0) is 11.2 Å². The summed E-state index contributed by atoms with van der Waals surface area (Å²) in [5.74, 6) is 0.283. The topological polar surface area (TPSA) is 96.0 Å². The summed E-state index contributed by atoms with van der Waals surface area (Å²) in [4.78, 5) is 32.7. The molecule has 27 heavy (non-hydrogen) atoms. The number of benzene rings is 1. The van der Waals surface area contributed by atoms with Crippen molar-refractivity contribution in [1.29, 1.82) is 0 Å². The van der Waals surface area contributed by atoms with E-state index in [4.69, 9.17) is 0 Å². The summed E-state index contributed by atoms with van der Waals surface area (Å²) in [6.07, 6.45) is 4.04. The van der Waals surface area contributed by atoms with Gasteiger partial charge in [0, 0.05) is 23.2 Å². The second kappa shape index (κ2) is 7.34. The quantitative estimate of drug-likeness (QED) is 0.772. The van der Waals surface area contributed by atoms with Gasteiger partial charge in [0.2, 0.25) is 5.91 Å². The number of rotatable bonds is 4. The van der Waals surface area contributed by atoms with Crippen molar-refractivity contribution in [1.82, 2.24) is 15.3 Å². The lowest BCUT2D eigenvalue weighted by molar-refractivity contribution is -0.123. The van der Waals surface area contributed by atoms with Crippen LogP contribution in [0, 0.1) is 5.41 Å². The molecule has 7 nitrogen and oxygen atoms in total. The first-order valence-electron chi connectivity index (χ1n) is 9.05. The van der Waals surface area contributed by atoms with Gasteiger partial charge in [0.25, 0.3) is 5.91 Å². The molecule has 0 radical (unpaired) electrons. The number of carbonyl (C=O) groups excluding carboxylic acids is 2. The molecule has 1 unspecified atom stereocenters. The zero-order chi connectivity index (χ0) is 19.6. The predicted molar refractivity (Wildman–Crippen MR) is 105 cm³/mol. The molecule has 1 atom stereocenters.